The highest BCUT2D eigenvalue weighted by Gasteiger charge is 2.25. The molecule has 0 aromatic heterocycles. The smallest absolute Gasteiger partial charge is 0.0679 e. The molecule has 0 amide bonds. The maximum absolute atomic E-state index is 9.61. The molecular weight excluding hydrogens is 236 g/mol. The number of aliphatic hydroxyl groups is 1. The van der Waals surface area contributed by atoms with E-state index in [1.165, 1.54) is 5.56 Å². The second-order valence-corrected chi connectivity index (χ2v) is 5.63. The van der Waals surface area contributed by atoms with Crippen molar-refractivity contribution in [1.29, 1.82) is 0 Å². The van der Waals surface area contributed by atoms with Gasteiger partial charge in [0.05, 0.1) is 6.10 Å². The number of rotatable bonds is 6. The first-order valence-corrected chi connectivity index (χ1v) is 7.39. The van der Waals surface area contributed by atoms with Gasteiger partial charge in [-0.15, -0.1) is 0 Å². The van der Waals surface area contributed by atoms with Crippen LogP contribution in [0.5, 0.6) is 0 Å². The van der Waals surface area contributed by atoms with E-state index in [0.29, 0.717) is 12.0 Å². The summed E-state index contributed by atoms with van der Waals surface area (Å²) in [6.45, 7) is 8.33. The minimum atomic E-state index is -0.124. The third kappa shape index (κ3) is 4.03. The summed E-state index contributed by atoms with van der Waals surface area (Å²) in [5.41, 5.74) is 1.36. The minimum absolute atomic E-state index is 0.124. The fraction of sp³-hybridized carbons (Fsp3) is 0.625. The molecule has 0 radical (unpaired) electrons. The van der Waals surface area contributed by atoms with Gasteiger partial charge in [0.25, 0.3) is 0 Å². The highest BCUT2D eigenvalue weighted by molar-refractivity contribution is 5.19. The third-order valence-corrected chi connectivity index (χ3v) is 3.95. The van der Waals surface area contributed by atoms with Crippen LogP contribution in [0.3, 0.4) is 0 Å². The largest absolute Gasteiger partial charge is 0.392 e. The summed E-state index contributed by atoms with van der Waals surface area (Å²) in [5.74, 6) is 0.535. The number of likely N-dealkylation sites (tertiary alicyclic amines) is 1. The molecule has 1 heterocycles. The van der Waals surface area contributed by atoms with Gasteiger partial charge in [-0.05, 0) is 24.4 Å². The van der Waals surface area contributed by atoms with E-state index in [9.17, 15) is 5.11 Å². The summed E-state index contributed by atoms with van der Waals surface area (Å²) >= 11 is 0. The zero-order valence-electron chi connectivity index (χ0n) is 12.0. The molecule has 1 aliphatic heterocycles. The van der Waals surface area contributed by atoms with Crippen LogP contribution < -0.4 is 5.32 Å². The second-order valence-electron chi connectivity index (χ2n) is 5.63. The number of aliphatic hydroxyl groups excluding tert-OH is 1. The Bertz CT molecular complexity index is 368. The van der Waals surface area contributed by atoms with Crippen molar-refractivity contribution in [3.8, 4) is 0 Å². The number of nitrogens with zero attached hydrogens (tertiary/aromatic N) is 1. The lowest BCUT2D eigenvalue weighted by molar-refractivity contribution is 0.166. The molecule has 2 rings (SSSR count). The molecule has 3 atom stereocenters. The summed E-state index contributed by atoms with van der Waals surface area (Å²) in [5, 5.41) is 13.2. The SMILES string of the molecule is CCNC(c1ccccc1)C(C)CN1CCC(O)C1. The van der Waals surface area contributed by atoms with Crippen LogP contribution in [0, 0.1) is 5.92 Å². The standard InChI is InChI=1S/C16H26N2O/c1-3-17-16(14-7-5-4-6-8-14)13(2)11-18-10-9-15(19)12-18/h4-8,13,15-17,19H,3,9-12H2,1-2H3. The molecule has 3 heteroatoms. The molecule has 1 aromatic carbocycles. The predicted molar refractivity (Wildman–Crippen MR) is 79.1 cm³/mol. The summed E-state index contributed by atoms with van der Waals surface area (Å²) in [6, 6.07) is 11.1. The van der Waals surface area contributed by atoms with E-state index in [2.05, 4.69) is 54.4 Å². The van der Waals surface area contributed by atoms with Crippen molar-refractivity contribution in [2.24, 2.45) is 5.92 Å². The van der Waals surface area contributed by atoms with E-state index in [1.54, 1.807) is 0 Å². The van der Waals surface area contributed by atoms with Crippen LogP contribution in [-0.4, -0.2) is 42.3 Å². The molecule has 0 aliphatic carbocycles. The minimum Gasteiger partial charge on any atom is -0.392 e. The van der Waals surface area contributed by atoms with Gasteiger partial charge < -0.3 is 15.3 Å². The second kappa shape index (κ2) is 7.04. The number of hydrogen-bond acceptors (Lipinski definition) is 3. The van der Waals surface area contributed by atoms with Crippen LogP contribution in [0.4, 0.5) is 0 Å². The number of hydrogen-bond donors (Lipinski definition) is 2. The van der Waals surface area contributed by atoms with Crippen molar-refractivity contribution in [3.05, 3.63) is 35.9 Å². The Kier molecular flexibility index (Phi) is 5.37. The molecule has 3 nitrogen and oxygen atoms in total. The van der Waals surface area contributed by atoms with Crippen LogP contribution in [0.1, 0.15) is 31.9 Å². The molecule has 3 unspecified atom stereocenters. The van der Waals surface area contributed by atoms with Crippen LogP contribution in [-0.2, 0) is 0 Å². The topological polar surface area (TPSA) is 35.5 Å². The normalized spacial score (nSPS) is 23.4. The fourth-order valence-electron chi connectivity index (χ4n) is 3.02. The van der Waals surface area contributed by atoms with Gasteiger partial charge in [0.1, 0.15) is 0 Å². The Labute approximate surface area is 116 Å². The summed E-state index contributed by atoms with van der Waals surface area (Å²) in [6.07, 6.45) is 0.797. The van der Waals surface area contributed by atoms with Gasteiger partial charge in [0, 0.05) is 25.7 Å². The van der Waals surface area contributed by atoms with Crippen molar-refractivity contribution in [2.75, 3.05) is 26.2 Å². The monoisotopic (exact) mass is 262 g/mol. The maximum Gasteiger partial charge on any atom is 0.0679 e. The lowest BCUT2D eigenvalue weighted by atomic mass is 9.94. The average Bonchev–Trinajstić information content (AvgIpc) is 2.82. The molecule has 1 aliphatic rings. The number of β-amino-alcohol motifs (C(OH)–C–C–N with tert-alkyl or cyclic N) is 1. The van der Waals surface area contributed by atoms with E-state index >= 15 is 0 Å². The van der Waals surface area contributed by atoms with Crippen molar-refractivity contribution in [3.63, 3.8) is 0 Å². The van der Waals surface area contributed by atoms with Crippen molar-refractivity contribution >= 4 is 0 Å². The highest BCUT2D eigenvalue weighted by Crippen LogP contribution is 2.24. The molecule has 0 spiro atoms. The highest BCUT2D eigenvalue weighted by atomic mass is 16.3. The molecule has 0 saturated carbocycles. The van der Waals surface area contributed by atoms with Crippen LogP contribution in [0.15, 0.2) is 30.3 Å². The molecule has 19 heavy (non-hydrogen) atoms. The van der Waals surface area contributed by atoms with E-state index in [0.717, 1.165) is 32.6 Å². The first-order chi connectivity index (χ1) is 9.20. The molecular formula is C16H26N2O. The Morgan fingerprint density at radius 3 is 2.68 bits per heavy atom. The predicted octanol–water partition coefficient (Wildman–Crippen LogP) is 2.04. The van der Waals surface area contributed by atoms with E-state index in [1.807, 2.05) is 0 Å². The maximum atomic E-state index is 9.61. The van der Waals surface area contributed by atoms with Crippen molar-refractivity contribution in [1.82, 2.24) is 10.2 Å². The Morgan fingerprint density at radius 2 is 2.11 bits per heavy atom. The van der Waals surface area contributed by atoms with Gasteiger partial charge in [0.15, 0.2) is 0 Å². The van der Waals surface area contributed by atoms with Gasteiger partial charge in [-0.1, -0.05) is 44.2 Å². The summed E-state index contributed by atoms with van der Waals surface area (Å²) in [4.78, 5) is 2.38. The van der Waals surface area contributed by atoms with Gasteiger partial charge in [0.2, 0.25) is 0 Å². The van der Waals surface area contributed by atoms with Crippen LogP contribution in [0.2, 0.25) is 0 Å². The lowest BCUT2D eigenvalue weighted by Gasteiger charge is -2.29. The summed E-state index contributed by atoms with van der Waals surface area (Å²) in [7, 11) is 0. The summed E-state index contributed by atoms with van der Waals surface area (Å²) < 4.78 is 0. The molecule has 1 aromatic rings. The Hall–Kier alpha value is -0.900. The third-order valence-electron chi connectivity index (χ3n) is 3.95. The van der Waals surface area contributed by atoms with Gasteiger partial charge in [-0.2, -0.15) is 0 Å². The lowest BCUT2D eigenvalue weighted by Crippen LogP contribution is -2.35. The first kappa shape index (κ1) is 14.5. The zero-order valence-corrected chi connectivity index (χ0v) is 12.0. The Balaban J connectivity index is 1.98. The van der Waals surface area contributed by atoms with Crippen LogP contribution in [0.25, 0.3) is 0 Å². The average molecular weight is 262 g/mol. The van der Waals surface area contributed by atoms with E-state index < -0.39 is 0 Å². The molecule has 106 valence electrons. The number of benzene rings is 1. The van der Waals surface area contributed by atoms with Gasteiger partial charge >= 0.3 is 0 Å². The van der Waals surface area contributed by atoms with Gasteiger partial charge in [-0.25, -0.2) is 0 Å². The molecule has 1 fully saturated rings. The quantitative estimate of drug-likeness (QED) is 0.823. The first-order valence-electron chi connectivity index (χ1n) is 7.39. The van der Waals surface area contributed by atoms with Gasteiger partial charge in [-0.3, -0.25) is 0 Å². The number of nitrogens with one attached hydrogen (secondary N) is 1. The van der Waals surface area contributed by atoms with E-state index in [-0.39, 0.29) is 6.10 Å². The van der Waals surface area contributed by atoms with Crippen molar-refractivity contribution in [2.45, 2.75) is 32.4 Å². The Morgan fingerprint density at radius 1 is 1.37 bits per heavy atom. The molecule has 2 N–H and O–H groups in total. The van der Waals surface area contributed by atoms with Crippen molar-refractivity contribution < 1.29 is 5.11 Å². The molecule has 0 bridgehead atoms. The fourth-order valence-corrected chi connectivity index (χ4v) is 3.02. The van der Waals surface area contributed by atoms with Crippen LogP contribution >= 0.6 is 0 Å². The van der Waals surface area contributed by atoms with E-state index in [4.69, 9.17) is 0 Å². The molecule has 1 saturated heterocycles. The zero-order chi connectivity index (χ0) is 13.7.